The number of rotatable bonds is 6. The number of hydrogen-bond donors (Lipinski definition) is 1. The Morgan fingerprint density at radius 2 is 1.89 bits per heavy atom. The summed E-state index contributed by atoms with van der Waals surface area (Å²) in [6.45, 7) is 3.99. The van der Waals surface area contributed by atoms with E-state index in [9.17, 15) is 17.6 Å². The van der Waals surface area contributed by atoms with E-state index in [1.807, 2.05) is 18.2 Å². The first kappa shape index (κ1) is 19.4. The summed E-state index contributed by atoms with van der Waals surface area (Å²) in [6.07, 6.45) is 0. The van der Waals surface area contributed by atoms with Crippen LogP contribution in [0.15, 0.2) is 47.4 Å². The van der Waals surface area contributed by atoms with Crippen LogP contribution in [0.1, 0.15) is 24.2 Å². The first-order valence-corrected chi connectivity index (χ1v) is 10.6. The Morgan fingerprint density at radius 1 is 1.19 bits per heavy atom. The van der Waals surface area contributed by atoms with Crippen LogP contribution in [0.25, 0.3) is 10.2 Å². The van der Waals surface area contributed by atoms with Crippen LogP contribution in [0.3, 0.4) is 0 Å². The lowest BCUT2D eigenvalue weighted by Crippen LogP contribution is -2.31. The number of anilines is 1. The van der Waals surface area contributed by atoms with Crippen molar-refractivity contribution in [1.82, 2.24) is 9.29 Å². The van der Waals surface area contributed by atoms with E-state index in [1.54, 1.807) is 19.9 Å². The molecule has 1 N–H and O–H groups in total. The lowest BCUT2D eigenvalue weighted by Gasteiger charge is -2.18. The fourth-order valence-corrected chi connectivity index (χ4v) is 4.99. The molecule has 2 aromatic carbocycles. The number of benzene rings is 2. The Morgan fingerprint density at radius 3 is 2.56 bits per heavy atom. The second-order valence-corrected chi connectivity index (χ2v) is 8.64. The lowest BCUT2D eigenvalue weighted by molar-refractivity contribution is 0.102. The maximum absolute atomic E-state index is 14.2. The Labute approximate surface area is 160 Å². The molecule has 0 saturated carbocycles. The zero-order valence-electron chi connectivity index (χ0n) is 14.8. The maximum atomic E-state index is 14.2. The minimum Gasteiger partial charge on any atom is -0.298 e. The summed E-state index contributed by atoms with van der Waals surface area (Å²) in [6, 6.07) is 10.6. The molecule has 1 amide bonds. The zero-order chi connectivity index (χ0) is 19.6. The van der Waals surface area contributed by atoms with E-state index in [4.69, 9.17) is 0 Å². The monoisotopic (exact) mass is 407 g/mol. The highest BCUT2D eigenvalue weighted by atomic mass is 32.2. The molecule has 0 aliphatic carbocycles. The number of nitrogens with one attached hydrogen (secondary N) is 1. The van der Waals surface area contributed by atoms with Gasteiger partial charge in [0.05, 0.1) is 20.7 Å². The van der Waals surface area contributed by atoms with Crippen molar-refractivity contribution in [3.63, 3.8) is 0 Å². The quantitative estimate of drug-likeness (QED) is 0.675. The average Bonchev–Trinajstić information content (AvgIpc) is 3.04. The van der Waals surface area contributed by atoms with E-state index in [2.05, 4.69) is 10.3 Å². The van der Waals surface area contributed by atoms with Gasteiger partial charge in [0, 0.05) is 13.1 Å². The van der Waals surface area contributed by atoms with Crippen molar-refractivity contribution in [1.29, 1.82) is 0 Å². The van der Waals surface area contributed by atoms with Gasteiger partial charge in [-0.25, -0.2) is 17.8 Å². The summed E-state index contributed by atoms with van der Waals surface area (Å²) in [5.41, 5.74) is 0.374. The van der Waals surface area contributed by atoms with Gasteiger partial charge in [-0.05, 0) is 30.3 Å². The molecule has 0 radical (unpaired) electrons. The highest BCUT2D eigenvalue weighted by Gasteiger charge is 2.24. The summed E-state index contributed by atoms with van der Waals surface area (Å²) >= 11 is 1.26. The number of thiazole rings is 1. The predicted molar refractivity (Wildman–Crippen MR) is 104 cm³/mol. The molecule has 9 heteroatoms. The third-order valence-corrected chi connectivity index (χ3v) is 7.04. The normalized spacial score (nSPS) is 11.9. The van der Waals surface area contributed by atoms with Crippen LogP contribution in [0, 0.1) is 5.82 Å². The molecular formula is C18H18FN3O3S2. The first-order valence-electron chi connectivity index (χ1n) is 8.33. The van der Waals surface area contributed by atoms with Gasteiger partial charge in [-0.1, -0.05) is 37.3 Å². The van der Waals surface area contributed by atoms with Gasteiger partial charge in [-0.15, -0.1) is 0 Å². The molecule has 6 nitrogen and oxygen atoms in total. The minimum absolute atomic E-state index is 0.123. The third-order valence-electron chi connectivity index (χ3n) is 4.04. The number of fused-ring (bicyclic) bond motifs is 1. The summed E-state index contributed by atoms with van der Waals surface area (Å²) < 4.78 is 41.6. The number of carbonyl (C=O) groups is 1. The SMILES string of the molecule is CCN(CC)S(=O)(=O)c1ccc(F)c(C(=O)Nc2nc3ccccc3s2)c1. The fraction of sp³-hybridized carbons (Fsp3) is 0.222. The van der Waals surface area contributed by atoms with Crippen molar-refractivity contribution < 1.29 is 17.6 Å². The Balaban J connectivity index is 1.92. The van der Waals surface area contributed by atoms with Gasteiger partial charge in [0.1, 0.15) is 5.82 Å². The molecular weight excluding hydrogens is 389 g/mol. The van der Waals surface area contributed by atoms with Gasteiger partial charge in [-0.3, -0.25) is 10.1 Å². The van der Waals surface area contributed by atoms with Crippen molar-refractivity contribution in [2.75, 3.05) is 18.4 Å². The molecule has 0 spiro atoms. The van der Waals surface area contributed by atoms with Crippen LogP contribution in [0.5, 0.6) is 0 Å². The van der Waals surface area contributed by atoms with Crippen LogP contribution < -0.4 is 5.32 Å². The first-order chi connectivity index (χ1) is 12.9. The lowest BCUT2D eigenvalue weighted by atomic mass is 10.2. The molecule has 0 aliphatic rings. The second-order valence-electron chi connectivity index (χ2n) is 5.67. The highest BCUT2D eigenvalue weighted by Crippen LogP contribution is 2.26. The third kappa shape index (κ3) is 3.85. The van der Waals surface area contributed by atoms with Crippen molar-refractivity contribution in [2.45, 2.75) is 18.7 Å². The molecule has 0 atom stereocenters. The summed E-state index contributed by atoms with van der Waals surface area (Å²) in [4.78, 5) is 16.7. The van der Waals surface area contributed by atoms with Gasteiger partial charge >= 0.3 is 0 Å². The Bertz CT molecular complexity index is 1060. The molecule has 0 saturated heterocycles. The molecule has 3 aromatic rings. The van der Waals surface area contributed by atoms with E-state index in [1.165, 1.54) is 15.6 Å². The summed E-state index contributed by atoms with van der Waals surface area (Å²) in [5.74, 6) is -1.55. The molecule has 1 heterocycles. The Hall–Kier alpha value is -2.36. The van der Waals surface area contributed by atoms with Crippen LogP contribution in [-0.2, 0) is 10.0 Å². The van der Waals surface area contributed by atoms with Gasteiger partial charge in [0.2, 0.25) is 10.0 Å². The van der Waals surface area contributed by atoms with Crippen LogP contribution >= 0.6 is 11.3 Å². The molecule has 0 unspecified atom stereocenters. The molecule has 0 fully saturated rings. The van der Waals surface area contributed by atoms with E-state index >= 15 is 0 Å². The number of aromatic nitrogens is 1. The smallest absolute Gasteiger partial charge is 0.260 e. The predicted octanol–water partition coefficient (Wildman–Crippen LogP) is 3.72. The van der Waals surface area contributed by atoms with E-state index in [0.717, 1.165) is 28.4 Å². The van der Waals surface area contributed by atoms with Crippen LogP contribution in [-0.4, -0.2) is 36.7 Å². The molecule has 142 valence electrons. The standard InChI is InChI=1S/C18H18FN3O3S2/c1-3-22(4-2)27(24,25)12-9-10-14(19)13(11-12)17(23)21-18-20-15-7-5-6-8-16(15)26-18/h5-11H,3-4H2,1-2H3,(H,20,21,23). The number of carbonyl (C=O) groups excluding carboxylic acids is 1. The average molecular weight is 407 g/mol. The number of halogens is 1. The number of hydrogen-bond acceptors (Lipinski definition) is 5. The summed E-state index contributed by atoms with van der Waals surface area (Å²) in [7, 11) is -3.79. The van der Waals surface area contributed by atoms with Gasteiger partial charge in [0.15, 0.2) is 5.13 Å². The van der Waals surface area contributed by atoms with E-state index < -0.39 is 21.7 Å². The minimum atomic E-state index is -3.79. The maximum Gasteiger partial charge on any atom is 0.260 e. The van der Waals surface area contributed by atoms with Gasteiger partial charge in [-0.2, -0.15) is 4.31 Å². The number of sulfonamides is 1. The van der Waals surface area contributed by atoms with Gasteiger partial charge < -0.3 is 0 Å². The summed E-state index contributed by atoms with van der Waals surface area (Å²) in [5, 5.41) is 2.86. The van der Waals surface area contributed by atoms with Gasteiger partial charge in [0.25, 0.3) is 5.91 Å². The number of nitrogens with zero attached hydrogens (tertiary/aromatic N) is 2. The number of para-hydroxylation sites is 1. The van der Waals surface area contributed by atoms with E-state index in [0.29, 0.717) is 5.13 Å². The van der Waals surface area contributed by atoms with Crippen LogP contribution in [0.4, 0.5) is 9.52 Å². The topological polar surface area (TPSA) is 79.4 Å². The molecule has 0 bridgehead atoms. The second kappa shape index (κ2) is 7.71. The van der Waals surface area contributed by atoms with Crippen molar-refractivity contribution in [3.05, 3.63) is 53.8 Å². The zero-order valence-corrected chi connectivity index (χ0v) is 16.4. The largest absolute Gasteiger partial charge is 0.298 e. The molecule has 1 aromatic heterocycles. The highest BCUT2D eigenvalue weighted by molar-refractivity contribution is 7.89. The molecule has 27 heavy (non-hydrogen) atoms. The Kier molecular flexibility index (Phi) is 5.54. The van der Waals surface area contributed by atoms with Crippen molar-refractivity contribution >= 4 is 42.6 Å². The van der Waals surface area contributed by atoms with Crippen molar-refractivity contribution in [3.8, 4) is 0 Å². The van der Waals surface area contributed by atoms with Crippen LogP contribution in [0.2, 0.25) is 0 Å². The molecule has 3 rings (SSSR count). The van der Waals surface area contributed by atoms with Crippen molar-refractivity contribution in [2.24, 2.45) is 0 Å². The molecule has 0 aliphatic heterocycles. The fourth-order valence-electron chi connectivity index (χ4n) is 2.64. The van der Waals surface area contributed by atoms with E-state index in [-0.39, 0.29) is 23.5 Å². The number of amides is 1.